The van der Waals surface area contributed by atoms with Crippen molar-refractivity contribution in [2.45, 2.75) is 13.3 Å². The van der Waals surface area contributed by atoms with Crippen LogP contribution in [0.2, 0.25) is 5.15 Å². The van der Waals surface area contributed by atoms with Crippen LogP contribution < -0.4 is 4.90 Å². The van der Waals surface area contributed by atoms with Crippen molar-refractivity contribution in [1.82, 2.24) is 9.97 Å². The summed E-state index contributed by atoms with van der Waals surface area (Å²) in [6.07, 6.45) is 2.40. The van der Waals surface area contributed by atoms with Gasteiger partial charge in [0.15, 0.2) is 0 Å². The molecule has 0 fully saturated rings. The second-order valence-electron chi connectivity index (χ2n) is 5.67. The van der Waals surface area contributed by atoms with Crippen LogP contribution in [0, 0.1) is 6.92 Å². The maximum Gasteiger partial charge on any atom is 0.258 e. The van der Waals surface area contributed by atoms with Crippen molar-refractivity contribution in [1.29, 1.82) is 0 Å². The van der Waals surface area contributed by atoms with E-state index in [0.717, 1.165) is 28.4 Å². The molecule has 0 radical (unpaired) electrons. The van der Waals surface area contributed by atoms with Crippen molar-refractivity contribution in [2.24, 2.45) is 0 Å². The summed E-state index contributed by atoms with van der Waals surface area (Å²) in [4.78, 5) is 23.0. The van der Waals surface area contributed by atoms with E-state index < -0.39 is 0 Å². The summed E-state index contributed by atoms with van der Waals surface area (Å²) in [6, 6.07) is 9.47. The van der Waals surface area contributed by atoms with Crippen molar-refractivity contribution in [2.75, 3.05) is 11.4 Å². The normalized spacial score (nSPS) is 13.2. The van der Waals surface area contributed by atoms with Crippen molar-refractivity contribution in [3.63, 3.8) is 0 Å². The minimum Gasteiger partial charge on any atom is -0.308 e. The number of fused-ring (bicyclic) bond motifs is 1. The van der Waals surface area contributed by atoms with Gasteiger partial charge in [0.05, 0.1) is 10.7 Å². The number of thiazole rings is 1. The molecular weight excluding hydrogens is 342 g/mol. The van der Waals surface area contributed by atoms with Gasteiger partial charge in [-0.3, -0.25) is 4.79 Å². The van der Waals surface area contributed by atoms with E-state index in [4.69, 9.17) is 11.6 Å². The number of rotatable bonds is 2. The number of pyridine rings is 1. The Balaban J connectivity index is 1.66. The Hall–Kier alpha value is -2.24. The highest BCUT2D eigenvalue weighted by atomic mass is 35.5. The van der Waals surface area contributed by atoms with Crippen LogP contribution in [0.5, 0.6) is 0 Å². The molecule has 0 bridgehead atoms. The van der Waals surface area contributed by atoms with Crippen LogP contribution >= 0.6 is 22.9 Å². The smallest absolute Gasteiger partial charge is 0.258 e. The van der Waals surface area contributed by atoms with Crippen LogP contribution in [-0.4, -0.2) is 22.4 Å². The van der Waals surface area contributed by atoms with E-state index in [1.807, 2.05) is 19.1 Å². The van der Waals surface area contributed by atoms with Gasteiger partial charge in [0, 0.05) is 34.9 Å². The molecule has 3 heterocycles. The summed E-state index contributed by atoms with van der Waals surface area (Å²) >= 11 is 7.54. The lowest BCUT2D eigenvalue weighted by Crippen LogP contribution is -2.28. The topological polar surface area (TPSA) is 46.1 Å². The largest absolute Gasteiger partial charge is 0.308 e. The van der Waals surface area contributed by atoms with Crippen LogP contribution in [0.4, 0.5) is 5.69 Å². The fraction of sp³-hybridized carbons (Fsp3) is 0.167. The van der Waals surface area contributed by atoms with E-state index in [9.17, 15) is 4.79 Å². The lowest BCUT2D eigenvalue weighted by molar-refractivity contribution is 0.0989. The van der Waals surface area contributed by atoms with E-state index in [0.29, 0.717) is 17.3 Å². The third kappa shape index (κ3) is 2.70. The zero-order valence-corrected chi connectivity index (χ0v) is 14.6. The van der Waals surface area contributed by atoms with Crippen molar-refractivity contribution in [3.05, 3.63) is 63.2 Å². The Morgan fingerprint density at radius 2 is 2.17 bits per heavy atom. The third-order valence-electron chi connectivity index (χ3n) is 4.11. The highest BCUT2D eigenvalue weighted by Crippen LogP contribution is 2.33. The van der Waals surface area contributed by atoms with Gasteiger partial charge in [0.1, 0.15) is 5.15 Å². The van der Waals surface area contributed by atoms with Crippen molar-refractivity contribution >= 4 is 34.5 Å². The van der Waals surface area contributed by atoms with Gasteiger partial charge in [-0.25, -0.2) is 9.97 Å². The Morgan fingerprint density at radius 1 is 1.29 bits per heavy atom. The number of hydrogen-bond acceptors (Lipinski definition) is 4. The first kappa shape index (κ1) is 15.3. The molecule has 0 aliphatic carbocycles. The standard InChI is InChI=1S/C18H14ClN3OS/c1-11-21-15(10-24-11)12-2-3-16-13(8-12)5-7-22(16)18(23)14-4-6-20-17(19)9-14/h2-4,6,8-10H,5,7H2,1H3. The molecule has 4 nitrogen and oxygen atoms in total. The summed E-state index contributed by atoms with van der Waals surface area (Å²) in [5, 5.41) is 3.44. The second-order valence-corrected chi connectivity index (χ2v) is 7.12. The number of aromatic nitrogens is 2. The van der Waals surface area contributed by atoms with Gasteiger partial charge in [0.25, 0.3) is 5.91 Å². The van der Waals surface area contributed by atoms with Gasteiger partial charge in [-0.05, 0) is 43.2 Å². The predicted molar refractivity (Wildman–Crippen MR) is 96.9 cm³/mol. The number of carbonyl (C=O) groups excluding carboxylic acids is 1. The number of carbonyl (C=O) groups is 1. The molecule has 0 atom stereocenters. The molecule has 1 amide bonds. The maximum atomic E-state index is 12.7. The first-order valence-electron chi connectivity index (χ1n) is 7.61. The molecule has 24 heavy (non-hydrogen) atoms. The number of halogens is 1. The molecule has 1 aliphatic heterocycles. The highest BCUT2D eigenvalue weighted by Gasteiger charge is 2.26. The number of hydrogen-bond donors (Lipinski definition) is 0. The minimum atomic E-state index is -0.0460. The van der Waals surface area contributed by atoms with Gasteiger partial charge in [-0.1, -0.05) is 17.7 Å². The van der Waals surface area contributed by atoms with E-state index in [2.05, 4.69) is 21.4 Å². The highest BCUT2D eigenvalue weighted by molar-refractivity contribution is 7.09. The van der Waals surface area contributed by atoms with Crippen LogP contribution in [0.1, 0.15) is 20.9 Å². The molecule has 1 aliphatic rings. The summed E-state index contributed by atoms with van der Waals surface area (Å²) < 4.78 is 0. The molecule has 6 heteroatoms. The van der Waals surface area contributed by atoms with Crippen LogP contribution in [0.25, 0.3) is 11.3 Å². The Kier molecular flexibility index (Phi) is 3.82. The molecule has 2 aromatic heterocycles. The number of amides is 1. The van der Waals surface area contributed by atoms with E-state index in [-0.39, 0.29) is 5.91 Å². The van der Waals surface area contributed by atoms with Crippen molar-refractivity contribution in [3.8, 4) is 11.3 Å². The Morgan fingerprint density at radius 3 is 2.92 bits per heavy atom. The number of benzene rings is 1. The lowest BCUT2D eigenvalue weighted by atomic mass is 10.1. The molecule has 1 aromatic carbocycles. The SMILES string of the molecule is Cc1nc(-c2ccc3c(c2)CCN3C(=O)c2ccnc(Cl)c2)cs1. The zero-order valence-electron chi connectivity index (χ0n) is 13.0. The van der Waals surface area contributed by atoms with E-state index in [1.54, 1.807) is 34.6 Å². The van der Waals surface area contributed by atoms with Gasteiger partial charge < -0.3 is 4.90 Å². The Bertz CT molecular complexity index is 938. The molecule has 0 saturated heterocycles. The van der Waals surface area contributed by atoms with Gasteiger partial charge in [-0.2, -0.15) is 0 Å². The lowest BCUT2D eigenvalue weighted by Gasteiger charge is -2.17. The molecule has 4 rings (SSSR count). The second kappa shape index (κ2) is 6.00. The third-order valence-corrected chi connectivity index (χ3v) is 5.09. The molecule has 120 valence electrons. The van der Waals surface area contributed by atoms with Gasteiger partial charge in [0.2, 0.25) is 0 Å². The minimum absolute atomic E-state index is 0.0460. The molecular formula is C18H14ClN3OS. The number of aryl methyl sites for hydroxylation is 1. The van der Waals surface area contributed by atoms with Crippen LogP contribution in [0.3, 0.4) is 0 Å². The predicted octanol–water partition coefficient (Wildman–Crippen LogP) is 4.37. The number of anilines is 1. The van der Waals surface area contributed by atoms with Crippen LogP contribution in [-0.2, 0) is 6.42 Å². The van der Waals surface area contributed by atoms with E-state index >= 15 is 0 Å². The average Bonchev–Trinajstić information content (AvgIpc) is 3.19. The van der Waals surface area contributed by atoms with Crippen molar-refractivity contribution < 1.29 is 4.79 Å². The molecule has 0 saturated carbocycles. The first-order valence-corrected chi connectivity index (χ1v) is 8.86. The average molecular weight is 356 g/mol. The fourth-order valence-corrected chi connectivity index (χ4v) is 3.76. The molecule has 0 spiro atoms. The molecule has 3 aromatic rings. The maximum absolute atomic E-state index is 12.7. The zero-order chi connectivity index (χ0) is 16.7. The van der Waals surface area contributed by atoms with Gasteiger partial charge in [-0.15, -0.1) is 11.3 Å². The summed E-state index contributed by atoms with van der Waals surface area (Å²) in [7, 11) is 0. The molecule has 0 N–H and O–H groups in total. The summed E-state index contributed by atoms with van der Waals surface area (Å²) in [5.41, 5.74) is 4.78. The first-order chi connectivity index (χ1) is 11.6. The Labute approximate surface area is 148 Å². The quantitative estimate of drug-likeness (QED) is 0.641. The molecule has 0 unspecified atom stereocenters. The fourth-order valence-electron chi connectivity index (χ4n) is 2.96. The summed E-state index contributed by atoms with van der Waals surface area (Å²) in [5.74, 6) is -0.0460. The van der Waals surface area contributed by atoms with Crippen LogP contribution in [0.15, 0.2) is 41.9 Å². The van der Waals surface area contributed by atoms with E-state index in [1.165, 1.54) is 5.56 Å². The van der Waals surface area contributed by atoms with Gasteiger partial charge >= 0.3 is 0 Å². The monoisotopic (exact) mass is 355 g/mol. The summed E-state index contributed by atoms with van der Waals surface area (Å²) in [6.45, 7) is 2.68. The number of nitrogens with zero attached hydrogens (tertiary/aromatic N) is 3.